The molecular weight excluding hydrogens is 262 g/mol. The maximum atomic E-state index is 11.7. The summed E-state index contributed by atoms with van der Waals surface area (Å²) in [6.07, 6.45) is 0. The number of amides is 1. The molecule has 0 atom stereocenters. The van der Waals surface area contributed by atoms with Gasteiger partial charge in [-0.1, -0.05) is 17.4 Å². The molecule has 0 bridgehead atoms. The van der Waals surface area contributed by atoms with Crippen molar-refractivity contribution in [2.24, 2.45) is 0 Å². The number of hydrogen-bond acceptors (Lipinski definition) is 5. The molecule has 1 aromatic heterocycles. The first kappa shape index (κ1) is 11.8. The monoisotopic (exact) mass is 269 g/mol. The van der Waals surface area contributed by atoms with Crippen LogP contribution in [0.2, 0.25) is 4.47 Å². The van der Waals surface area contributed by atoms with E-state index in [0.717, 1.165) is 11.3 Å². The van der Waals surface area contributed by atoms with Crippen LogP contribution in [0.15, 0.2) is 24.3 Å². The molecular formula is C10H8ClN3O2S. The van der Waals surface area contributed by atoms with Crippen molar-refractivity contribution in [3.05, 3.63) is 33.7 Å². The number of methoxy groups -OCH3 is 1. The molecule has 2 aromatic rings. The van der Waals surface area contributed by atoms with Gasteiger partial charge in [-0.15, -0.1) is 10.2 Å². The lowest BCUT2D eigenvalue weighted by Gasteiger charge is -2.04. The number of rotatable bonds is 3. The highest BCUT2D eigenvalue weighted by molar-refractivity contribution is 7.17. The van der Waals surface area contributed by atoms with Crippen LogP contribution >= 0.6 is 22.9 Å². The van der Waals surface area contributed by atoms with Crippen molar-refractivity contribution >= 4 is 34.5 Å². The summed E-state index contributed by atoms with van der Waals surface area (Å²) in [6, 6.07) is 7.03. The molecule has 1 N–H and O–H groups in total. The number of carbonyl (C=O) groups is 1. The van der Waals surface area contributed by atoms with E-state index in [1.165, 1.54) is 0 Å². The van der Waals surface area contributed by atoms with Crippen molar-refractivity contribution in [1.82, 2.24) is 10.2 Å². The zero-order chi connectivity index (χ0) is 12.3. The SMILES string of the molecule is COc1cccc(NC(=O)c2nnc(Cl)s2)c1. The molecule has 0 unspecified atom stereocenters. The third-order valence-corrected chi connectivity index (χ3v) is 2.94. The van der Waals surface area contributed by atoms with Gasteiger partial charge in [0.25, 0.3) is 5.91 Å². The van der Waals surface area contributed by atoms with Gasteiger partial charge in [-0.2, -0.15) is 0 Å². The molecule has 7 heteroatoms. The number of benzene rings is 1. The van der Waals surface area contributed by atoms with E-state index in [1.54, 1.807) is 31.4 Å². The zero-order valence-electron chi connectivity index (χ0n) is 8.81. The number of anilines is 1. The molecule has 0 aliphatic heterocycles. The summed E-state index contributed by atoms with van der Waals surface area (Å²) in [5.74, 6) is 0.320. The number of carbonyl (C=O) groups excluding carboxylic acids is 1. The Morgan fingerprint density at radius 3 is 2.94 bits per heavy atom. The smallest absolute Gasteiger partial charge is 0.286 e. The van der Waals surface area contributed by atoms with Crippen LogP contribution in [0, 0.1) is 0 Å². The summed E-state index contributed by atoms with van der Waals surface area (Å²) in [7, 11) is 1.56. The van der Waals surface area contributed by atoms with Crippen molar-refractivity contribution < 1.29 is 9.53 Å². The largest absolute Gasteiger partial charge is 0.497 e. The van der Waals surface area contributed by atoms with Crippen molar-refractivity contribution in [1.29, 1.82) is 0 Å². The molecule has 2 rings (SSSR count). The molecule has 1 amide bonds. The third kappa shape index (κ3) is 2.92. The van der Waals surface area contributed by atoms with Crippen molar-refractivity contribution in [3.63, 3.8) is 0 Å². The summed E-state index contributed by atoms with van der Waals surface area (Å²) in [6.45, 7) is 0. The summed E-state index contributed by atoms with van der Waals surface area (Å²) < 4.78 is 5.29. The second-order valence-electron chi connectivity index (χ2n) is 3.05. The van der Waals surface area contributed by atoms with Gasteiger partial charge in [0.1, 0.15) is 5.75 Å². The minimum absolute atomic E-state index is 0.220. The van der Waals surface area contributed by atoms with Gasteiger partial charge in [-0.3, -0.25) is 4.79 Å². The molecule has 0 fully saturated rings. The molecule has 88 valence electrons. The van der Waals surface area contributed by atoms with E-state index in [4.69, 9.17) is 16.3 Å². The highest BCUT2D eigenvalue weighted by Crippen LogP contribution is 2.19. The Bertz CT molecular complexity index is 544. The van der Waals surface area contributed by atoms with Gasteiger partial charge in [0.2, 0.25) is 9.47 Å². The van der Waals surface area contributed by atoms with Gasteiger partial charge in [-0.05, 0) is 23.7 Å². The number of ether oxygens (including phenoxy) is 1. The first-order valence-corrected chi connectivity index (χ1v) is 5.83. The molecule has 0 saturated heterocycles. The molecule has 0 aliphatic carbocycles. The maximum absolute atomic E-state index is 11.7. The van der Waals surface area contributed by atoms with E-state index in [0.29, 0.717) is 11.4 Å². The molecule has 5 nitrogen and oxygen atoms in total. The highest BCUT2D eigenvalue weighted by Gasteiger charge is 2.12. The maximum Gasteiger partial charge on any atom is 0.286 e. The summed E-state index contributed by atoms with van der Waals surface area (Å²) >= 11 is 6.63. The Morgan fingerprint density at radius 1 is 1.47 bits per heavy atom. The van der Waals surface area contributed by atoms with Crippen LogP contribution in [0.4, 0.5) is 5.69 Å². The van der Waals surface area contributed by atoms with Gasteiger partial charge < -0.3 is 10.1 Å². The van der Waals surface area contributed by atoms with Crippen LogP contribution in [0.3, 0.4) is 0 Å². The molecule has 1 heterocycles. The Labute approximate surface area is 106 Å². The van der Waals surface area contributed by atoms with Crippen molar-refractivity contribution in [3.8, 4) is 5.75 Å². The number of aromatic nitrogens is 2. The van der Waals surface area contributed by atoms with Gasteiger partial charge in [0, 0.05) is 11.8 Å². The summed E-state index contributed by atoms with van der Waals surface area (Å²) in [5, 5.41) is 10.1. The van der Waals surface area contributed by atoms with E-state index in [9.17, 15) is 4.79 Å². The Hall–Kier alpha value is -1.66. The minimum atomic E-state index is -0.345. The normalized spacial score (nSPS) is 10.0. The number of hydrogen-bond donors (Lipinski definition) is 1. The van der Waals surface area contributed by atoms with E-state index < -0.39 is 0 Å². The lowest BCUT2D eigenvalue weighted by Crippen LogP contribution is -2.11. The van der Waals surface area contributed by atoms with Gasteiger partial charge >= 0.3 is 0 Å². The van der Waals surface area contributed by atoms with E-state index >= 15 is 0 Å². The van der Waals surface area contributed by atoms with Crippen LogP contribution in [0.1, 0.15) is 9.80 Å². The fraction of sp³-hybridized carbons (Fsp3) is 0.100. The van der Waals surface area contributed by atoms with Crippen molar-refractivity contribution in [2.45, 2.75) is 0 Å². The second-order valence-corrected chi connectivity index (χ2v) is 4.61. The lowest BCUT2D eigenvalue weighted by atomic mass is 10.3. The standard InChI is InChI=1S/C10H8ClN3O2S/c1-16-7-4-2-3-6(5-7)12-8(15)9-13-14-10(11)17-9/h2-5H,1H3,(H,12,15). The fourth-order valence-electron chi connectivity index (χ4n) is 1.18. The second kappa shape index (κ2) is 5.11. The predicted molar refractivity (Wildman–Crippen MR) is 65.9 cm³/mol. The Balaban J connectivity index is 2.12. The Morgan fingerprint density at radius 2 is 2.29 bits per heavy atom. The number of nitrogens with one attached hydrogen (secondary N) is 1. The minimum Gasteiger partial charge on any atom is -0.497 e. The Kier molecular flexibility index (Phi) is 3.55. The number of halogens is 1. The van der Waals surface area contributed by atoms with Gasteiger partial charge in [0.15, 0.2) is 0 Å². The van der Waals surface area contributed by atoms with Crippen molar-refractivity contribution in [2.75, 3.05) is 12.4 Å². The summed E-state index contributed by atoms with van der Waals surface area (Å²) in [5.41, 5.74) is 0.626. The molecule has 0 saturated carbocycles. The average molecular weight is 270 g/mol. The zero-order valence-corrected chi connectivity index (χ0v) is 10.4. The first-order valence-electron chi connectivity index (χ1n) is 4.63. The van der Waals surface area contributed by atoms with Crippen LogP contribution in [0.5, 0.6) is 5.75 Å². The first-order chi connectivity index (χ1) is 8.19. The molecule has 0 spiro atoms. The average Bonchev–Trinajstić information content (AvgIpc) is 2.76. The van der Waals surface area contributed by atoms with Crippen LogP contribution in [0.25, 0.3) is 0 Å². The molecule has 0 aliphatic rings. The highest BCUT2D eigenvalue weighted by atomic mass is 35.5. The lowest BCUT2D eigenvalue weighted by molar-refractivity contribution is 0.102. The molecule has 17 heavy (non-hydrogen) atoms. The fourth-order valence-corrected chi connectivity index (χ4v) is 1.91. The van der Waals surface area contributed by atoms with E-state index in [2.05, 4.69) is 15.5 Å². The quantitative estimate of drug-likeness (QED) is 0.930. The predicted octanol–water partition coefficient (Wildman–Crippen LogP) is 2.45. The van der Waals surface area contributed by atoms with Crippen LogP contribution in [-0.4, -0.2) is 23.2 Å². The van der Waals surface area contributed by atoms with Crippen LogP contribution < -0.4 is 10.1 Å². The van der Waals surface area contributed by atoms with Gasteiger partial charge in [-0.25, -0.2) is 0 Å². The molecule has 0 radical (unpaired) electrons. The topological polar surface area (TPSA) is 64.1 Å². The summed E-state index contributed by atoms with van der Waals surface area (Å²) in [4.78, 5) is 11.7. The molecule has 1 aromatic carbocycles. The van der Waals surface area contributed by atoms with Gasteiger partial charge in [0.05, 0.1) is 7.11 Å². The van der Waals surface area contributed by atoms with Crippen LogP contribution in [-0.2, 0) is 0 Å². The van der Waals surface area contributed by atoms with E-state index in [1.807, 2.05) is 0 Å². The van der Waals surface area contributed by atoms with E-state index in [-0.39, 0.29) is 15.4 Å². The third-order valence-electron chi connectivity index (χ3n) is 1.92. The number of nitrogens with zero attached hydrogens (tertiary/aromatic N) is 2.